The third-order valence-corrected chi connectivity index (χ3v) is 5.21. The molecule has 1 unspecified atom stereocenters. The number of para-hydroxylation sites is 1. The average molecular weight is 471 g/mol. The molecule has 0 saturated heterocycles. The second-order valence-electron chi connectivity index (χ2n) is 6.56. The highest BCUT2D eigenvalue weighted by Gasteiger charge is 2.23. The lowest BCUT2D eigenvalue weighted by atomic mass is 10.0. The van der Waals surface area contributed by atoms with Crippen molar-refractivity contribution in [3.63, 3.8) is 0 Å². The van der Waals surface area contributed by atoms with Crippen molar-refractivity contribution in [2.75, 3.05) is 18.4 Å². The van der Waals surface area contributed by atoms with E-state index >= 15 is 0 Å². The van der Waals surface area contributed by atoms with Gasteiger partial charge in [0.2, 0.25) is 17.7 Å². The van der Waals surface area contributed by atoms with Crippen LogP contribution in [0.2, 0.25) is 15.1 Å². The van der Waals surface area contributed by atoms with Gasteiger partial charge in [0.05, 0.1) is 34.7 Å². The molecule has 3 amide bonds. The van der Waals surface area contributed by atoms with Crippen molar-refractivity contribution in [1.82, 2.24) is 10.2 Å². The molecule has 9 heteroatoms. The van der Waals surface area contributed by atoms with Crippen LogP contribution < -0.4 is 10.6 Å². The predicted molar refractivity (Wildman–Crippen MR) is 120 cm³/mol. The van der Waals surface area contributed by atoms with Crippen LogP contribution in [0.25, 0.3) is 0 Å². The maximum absolute atomic E-state index is 12.8. The molecule has 2 N–H and O–H groups in total. The molecule has 0 saturated carbocycles. The number of likely N-dealkylation sites (N-methyl/N-ethyl adjacent to an activating group) is 1. The van der Waals surface area contributed by atoms with Crippen molar-refractivity contribution in [3.8, 4) is 0 Å². The average Bonchev–Trinajstić information content (AvgIpc) is 2.68. The Bertz CT molecular complexity index is 899. The summed E-state index contributed by atoms with van der Waals surface area (Å²) in [4.78, 5) is 38.3. The summed E-state index contributed by atoms with van der Waals surface area (Å²) in [6.07, 6.45) is -0.00478. The van der Waals surface area contributed by atoms with Crippen LogP contribution in [0.4, 0.5) is 5.69 Å². The number of benzene rings is 2. The minimum atomic E-state index is -0.539. The van der Waals surface area contributed by atoms with Crippen molar-refractivity contribution in [2.45, 2.75) is 26.3 Å². The fraction of sp³-hybridized carbons (Fsp3) is 0.286. The zero-order valence-corrected chi connectivity index (χ0v) is 18.8. The lowest BCUT2D eigenvalue weighted by molar-refractivity contribution is -0.135. The number of rotatable bonds is 8. The fourth-order valence-electron chi connectivity index (χ4n) is 2.84. The summed E-state index contributed by atoms with van der Waals surface area (Å²) < 4.78 is 0. The summed E-state index contributed by atoms with van der Waals surface area (Å²) in [6, 6.07) is 11.2. The summed E-state index contributed by atoms with van der Waals surface area (Å²) in [6.45, 7) is 3.29. The van der Waals surface area contributed by atoms with Gasteiger partial charge in [-0.25, -0.2) is 0 Å². The van der Waals surface area contributed by atoms with E-state index in [9.17, 15) is 14.4 Å². The molecule has 0 aliphatic rings. The Morgan fingerprint density at radius 3 is 2.13 bits per heavy atom. The van der Waals surface area contributed by atoms with Gasteiger partial charge in [0.25, 0.3) is 0 Å². The van der Waals surface area contributed by atoms with Gasteiger partial charge in [-0.3, -0.25) is 14.4 Å². The van der Waals surface area contributed by atoms with E-state index in [4.69, 9.17) is 34.8 Å². The maximum Gasteiger partial charge on any atom is 0.244 e. The monoisotopic (exact) mass is 469 g/mol. The third kappa shape index (κ3) is 6.90. The van der Waals surface area contributed by atoms with Crippen molar-refractivity contribution in [2.24, 2.45) is 0 Å². The van der Waals surface area contributed by atoms with Crippen LogP contribution in [-0.2, 0) is 14.4 Å². The molecular weight excluding hydrogens is 449 g/mol. The zero-order chi connectivity index (χ0) is 22.3. The van der Waals surface area contributed by atoms with Crippen molar-refractivity contribution >= 4 is 58.2 Å². The van der Waals surface area contributed by atoms with Gasteiger partial charge in [-0.2, -0.15) is 0 Å². The lowest BCUT2D eigenvalue weighted by Crippen LogP contribution is -2.40. The Morgan fingerprint density at radius 1 is 1.00 bits per heavy atom. The first-order chi connectivity index (χ1) is 14.2. The van der Waals surface area contributed by atoms with E-state index in [2.05, 4.69) is 10.6 Å². The molecule has 0 bridgehead atoms. The summed E-state index contributed by atoms with van der Waals surface area (Å²) in [5, 5.41) is 6.57. The van der Waals surface area contributed by atoms with E-state index in [-0.39, 0.29) is 24.8 Å². The van der Waals surface area contributed by atoms with Crippen LogP contribution in [0.1, 0.15) is 31.9 Å². The number of nitrogens with zero attached hydrogens (tertiary/aromatic N) is 1. The number of amides is 3. The molecule has 30 heavy (non-hydrogen) atoms. The molecule has 0 aromatic heterocycles. The van der Waals surface area contributed by atoms with Crippen molar-refractivity contribution in [1.29, 1.82) is 0 Å². The summed E-state index contributed by atoms with van der Waals surface area (Å²) >= 11 is 18.1. The molecule has 0 fully saturated rings. The van der Waals surface area contributed by atoms with Gasteiger partial charge in [0.15, 0.2) is 0 Å². The number of nitrogens with one attached hydrogen (secondary N) is 2. The normalized spacial score (nSPS) is 11.5. The number of hydrogen-bond acceptors (Lipinski definition) is 3. The van der Waals surface area contributed by atoms with Crippen molar-refractivity contribution < 1.29 is 14.4 Å². The van der Waals surface area contributed by atoms with E-state index in [1.165, 1.54) is 11.8 Å². The standard InChI is InChI=1S/C21H22Cl3N3O3/c1-3-27(12-19(29)26-21-16(23)5-4-6-17(21)24)20(30)11-18(25-13(2)28)14-7-9-15(22)10-8-14/h4-10,18H,3,11-12H2,1-2H3,(H,25,28)(H,26,29). The van der Waals surface area contributed by atoms with Crippen LogP contribution in [0, 0.1) is 0 Å². The number of anilines is 1. The molecule has 2 aromatic carbocycles. The van der Waals surface area contributed by atoms with Gasteiger partial charge < -0.3 is 15.5 Å². The minimum Gasteiger partial charge on any atom is -0.349 e. The maximum atomic E-state index is 12.8. The molecule has 1 atom stereocenters. The minimum absolute atomic E-state index is 0.00478. The Hall–Kier alpha value is -2.28. The first-order valence-electron chi connectivity index (χ1n) is 9.25. The summed E-state index contributed by atoms with van der Waals surface area (Å²) in [5.41, 5.74) is 1.04. The van der Waals surface area contributed by atoms with Crippen LogP contribution in [0.5, 0.6) is 0 Å². The third-order valence-electron chi connectivity index (χ3n) is 4.32. The first-order valence-corrected chi connectivity index (χ1v) is 10.4. The molecule has 0 heterocycles. The molecule has 6 nitrogen and oxygen atoms in total. The van der Waals surface area contributed by atoms with Crippen LogP contribution in [-0.4, -0.2) is 35.7 Å². The Morgan fingerprint density at radius 2 is 1.60 bits per heavy atom. The van der Waals surface area contributed by atoms with E-state index < -0.39 is 11.9 Å². The van der Waals surface area contributed by atoms with E-state index in [1.807, 2.05) is 0 Å². The molecule has 0 spiro atoms. The fourth-order valence-corrected chi connectivity index (χ4v) is 3.46. The molecule has 0 aliphatic carbocycles. The molecular formula is C21H22Cl3N3O3. The van der Waals surface area contributed by atoms with E-state index in [1.54, 1.807) is 49.4 Å². The number of hydrogen-bond donors (Lipinski definition) is 2. The highest BCUT2D eigenvalue weighted by molar-refractivity contribution is 6.39. The van der Waals surface area contributed by atoms with Gasteiger partial charge in [-0.1, -0.05) is 53.0 Å². The molecule has 0 aliphatic heterocycles. The Balaban J connectivity index is 2.08. The van der Waals surface area contributed by atoms with Gasteiger partial charge >= 0.3 is 0 Å². The number of carbonyl (C=O) groups excluding carboxylic acids is 3. The number of carbonyl (C=O) groups is 3. The Kier molecular flexibility index (Phi) is 8.96. The molecule has 2 rings (SSSR count). The van der Waals surface area contributed by atoms with Crippen LogP contribution in [0.3, 0.4) is 0 Å². The van der Waals surface area contributed by atoms with Crippen LogP contribution in [0.15, 0.2) is 42.5 Å². The second kappa shape index (κ2) is 11.2. The molecule has 2 aromatic rings. The van der Waals surface area contributed by atoms with E-state index in [0.717, 1.165) is 5.56 Å². The Labute approximate surface area is 190 Å². The van der Waals surface area contributed by atoms with E-state index in [0.29, 0.717) is 27.3 Å². The van der Waals surface area contributed by atoms with Gasteiger partial charge in [-0.05, 0) is 36.8 Å². The largest absolute Gasteiger partial charge is 0.349 e. The highest BCUT2D eigenvalue weighted by Crippen LogP contribution is 2.29. The first kappa shape index (κ1) is 24.0. The summed E-state index contributed by atoms with van der Waals surface area (Å²) in [7, 11) is 0. The van der Waals surface area contributed by atoms with Crippen molar-refractivity contribution in [3.05, 3.63) is 63.1 Å². The SMILES string of the molecule is CCN(CC(=O)Nc1c(Cl)cccc1Cl)C(=O)CC(NC(C)=O)c1ccc(Cl)cc1. The smallest absolute Gasteiger partial charge is 0.244 e. The number of halogens is 3. The molecule has 0 radical (unpaired) electrons. The second-order valence-corrected chi connectivity index (χ2v) is 7.81. The highest BCUT2D eigenvalue weighted by atomic mass is 35.5. The predicted octanol–water partition coefficient (Wildman–Crippen LogP) is 4.70. The van der Waals surface area contributed by atoms with Crippen LogP contribution >= 0.6 is 34.8 Å². The zero-order valence-electron chi connectivity index (χ0n) is 16.5. The quantitative estimate of drug-likeness (QED) is 0.587. The van der Waals surface area contributed by atoms with Gasteiger partial charge in [0.1, 0.15) is 0 Å². The molecule has 160 valence electrons. The topological polar surface area (TPSA) is 78.5 Å². The summed E-state index contributed by atoms with van der Waals surface area (Å²) in [5.74, 6) is -0.980. The lowest BCUT2D eigenvalue weighted by Gasteiger charge is -2.24. The van der Waals surface area contributed by atoms with Gasteiger partial charge in [0, 0.05) is 18.5 Å². The van der Waals surface area contributed by atoms with Gasteiger partial charge in [-0.15, -0.1) is 0 Å².